The first-order chi connectivity index (χ1) is 7.54. The van der Waals surface area contributed by atoms with Crippen molar-refractivity contribution in [2.45, 2.75) is 52.5 Å². The Morgan fingerprint density at radius 2 is 2.06 bits per heavy atom. The molecule has 0 aliphatic rings. The molecule has 1 aromatic heterocycles. The summed E-state index contributed by atoms with van der Waals surface area (Å²) in [5.41, 5.74) is 0. The summed E-state index contributed by atoms with van der Waals surface area (Å²) in [5, 5.41) is 4.48. The third-order valence-corrected chi connectivity index (χ3v) is 3.48. The van der Waals surface area contributed by atoms with E-state index in [9.17, 15) is 0 Å². The Bertz CT molecular complexity index is 309. The van der Waals surface area contributed by atoms with Gasteiger partial charge in [-0.3, -0.25) is 0 Å². The molecular formula is C12H22ClN3. The summed E-state index contributed by atoms with van der Waals surface area (Å²) in [5.74, 6) is 2.09. The molecule has 1 aromatic rings. The second-order valence-electron chi connectivity index (χ2n) is 4.86. The van der Waals surface area contributed by atoms with Gasteiger partial charge >= 0.3 is 0 Å². The van der Waals surface area contributed by atoms with E-state index in [0.29, 0.717) is 11.8 Å². The molecule has 1 heterocycles. The summed E-state index contributed by atoms with van der Waals surface area (Å²) in [4.78, 5) is 4.32. The van der Waals surface area contributed by atoms with Gasteiger partial charge in [0.1, 0.15) is 12.2 Å². The standard InChI is InChI=1S/C12H22ClN3/c1-5-11(13)10(4)6-12-14-8-15-16(12)7-9(2)3/h8-11H,5-7H2,1-4H3. The van der Waals surface area contributed by atoms with Crippen molar-refractivity contribution < 1.29 is 0 Å². The number of halogens is 1. The summed E-state index contributed by atoms with van der Waals surface area (Å²) in [6, 6.07) is 0. The molecule has 0 N–H and O–H groups in total. The number of nitrogens with zero attached hydrogens (tertiary/aromatic N) is 3. The topological polar surface area (TPSA) is 30.7 Å². The predicted molar refractivity (Wildman–Crippen MR) is 67.7 cm³/mol. The Morgan fingerprint density at radius 1 is 1.38 bits per heavy atom. The van der Waals surface area contributed by atoms with Gasteiger partial charge in [-0.15, -0.1) is 11.6 Å². The molecule has 1 rings (SSSR count). The van der Waals surface area contributed by atoms with E-state index in [1.165, 1.54) is 0 Å². The summed E-state index contributed by atoms with van der Waals surface area (Å²) in [6.45, 7) is 9.60. The van der Waals surface area contributed by atoms with Crippen molar-refractivity contribution in [1.29, 1.82) is 0 Å². The minimum atomic E-state index is 0.226. The van der Waals surface area contributed by atoms with Gasteiger partial charge in [0.05, 0.1) is 0 Å². The van der Waals surface area contributed by atoms with Crippen LogP contribution < -0.4 is 0 Å². The van der Waals surface area contributed by atoms with Crippen LogP contribution in [0.5, 0.6) is 0 Å². The highest BCUT2D eigenvalue weighted by Gasteiger charge is 2.16. The minimum absolute atomic E-state index is 0.226. The van der Waals surface area contributed by atoms with Gasteiger partial charge in [0.15, 0.2) is 0 Å². The van der Waals surface area contributed by atoms with Gasteiger partial charge in [-0.2, -0.15) is 5.10 Å². The molecule has 4 heteroatoms. The first kappa shape index (κ1) is 13.5. The average Bonchev–Trinajstić information content (AvgIpc) is 2.63. The molecule has 0 fully saturated rings. The number of aromatic nitrogens is 3. The molecular weight excluding hydrogens is 222 g/mol. The SMILES string of the molecule is CCC(Cl)C(C)Cc1ncnn1CC(C)C. The predicted octanol–water partition coefficient (Wildman–Crippen LogP) is 3.13. The molecule has 16 heavy (non-hydrogen) atoms. The zero-order valence-electron chi connectivity index (χ0n) is 10.7. The zero-order valence-corrected chi connectivity index (χ0v) is 11.4. The maximum Gasteiger partial charge on any atom is 0.138 e. The normalized spacial score (nSPS) is 15.4. The highest BCUT2D eigenvalue weighted by molar-refractivity contribution is 6.20. The molecule has 3 nitrogen and oxygen atoms in total. The van der Waals surface area contributed by atoms with Crippen LogP contribution in [0, 0.1) is 11.8 Å². The van der Waals surface area contributed by atoms with Crippen molar-refractivity contribution in [2.75, 3.05) is 0 Å². The number of rotatable bonds is 6. The third kappa shape index (κ3) is 3.78. The monoisotopic (exact) mass is 243 g/mol. The van der Waals surface area contributed by atoms with Crippen molar-refractivity contribution in [3.8, 4) is 0 Å². The van der Waals surface area contributed by atoms with E-state index in [0.717, 1.165) is 25.2 Å². The molecule has 0 radical (unpaired) electrons. The maximum atomic E-state index is 6.23. The smallest absolute Gasteiger partial charge is 0.138 e. The van der Waals surface area contributed by atoms with E-state index in [-0.39, 0.29) is 5.38 Å². The lowest BCUT2D eigenvalue weighted by atomic mass is 10.0. The molecule has 2 unspecified atom stereocenters. The quantitative estimate of drug-likeness (QED) is 0.719. The first-order valence-electron chi connectivity index (χ1n) is 6.05. The summed E-state index contributed by atoms with van der Waals surface area (Å²) in [6.07, 6.45) is 3.55. The largest absolute Gasteiger partial charge is 0.250 e. The Kier molecular flexibility index (Phi) is 5.26. The molecule has 92 valence electrons. The van der Waals surface area contributed by atoms with Gasteiger partial charge < -0.3 is 0 Å². The van der Waals surface area contributed by atoms with E-state index in [1.807, 2.05) is 4.68 Å². The lowest BCUT2D eigenvalue weighted by Crippen LogP contribution is -2.18. The van der Waals surface area contributed by atoms with Crippen molar-refractivity contribution in [1.82, 2.24) is 14.8 Å². The van der Waals surface area contributed by atoms with Crippen LogP contribution in [0.15, 0.2) is 6.33 Å². The molecule has 0 saturated carbocycles. The van der Waals surface area contributed by atoms with Crippen molar-refractivity contribution in [3.05, 3.63) is 12.2 Å². The van der Waals surface area contributed by atoms with Gasteiger partial charge in [0, 0.05) is 18.3 Å². The third-order valence-electron chi connectivity index (χ3n) is 2.75. The van der Waals surface area contributed by atoms with Crippen LogP contribution >= 0.6 is 11.6 Å². The number of alkyl halides is 1. The van der Waals surface area contributed by atoms with Crippen LogP contribution in [-0.2, 0) is 13.0 Å². The second kappa shape index (κ2) is 6.24. The van der Waals surface area contributed by atoms with Crippen LogP contribution in [-0.4, -0.2) is 20.1 Å². The summed E-state index contributed by atoms with van der Waals surface area (Å²) in [7, 11) is 0. The van der Waals surface area contributed by atoms with E-state index in [2.05, 4.69) is 37.8 Å². The number of hydrogen-bond donors (Lipinski definition) is 0. The zero-order chi connectivity index (χ0) is 12.1. The molecule has 0 amide bonds. The van der Waals surface area contributed by atoms with Crippen LogP contribution in [0.2, 0.25) is 0 Å². The maximum absolute atomic E-state index is 6.23. The summed E-state index contributed by atoms with van der Waals surface area (Å²) < 4.78 is 2.00. The van der Waals surface area contributed by atoms with E-state index >= 15 is 0 Å². The molecule has 0 aromatic carbocycles. The molecule has 0 aliphatic carbocycles. The van der Waals surface area contributed by atoms with Crippen LogP contribution in [0.25, 0.3) is 0 Å². The van der Waals surface area contributed by atoms with Gasteiger partial charge in [-0.1, -0.05) is 27.7 Å². The fraction of sp³-hybridized carbons (Fsp3) is 0.833. The van der Waals surface area contributed by atoms with Gasteiger partial charge in [-0.05, 0) is 18.3 Å². The van der Waals surface area contributed by atoms with E-state index in [4.69, 9.17) is 11.6 Å². The van der Waals surface area contributed by atoms with E-state index in [1.54, 1.807) is 6.33 Å². The van der Waals surface area contributed by atoms with Gasteiger partial charge in [-0.25, -0.2) is 9.67 Å². The van der Waals surface area contributed by atoms with Crippen molar-refractivity contribution >= 4 is 11.6 Å². The molecule has 0 bridgehead atoms. The highest BCUT2D eigenvalue weighted by Crippen LogP contribution is 2.18. The molecule has 0 spiro atoms. The van der Waals surface area contributed by atoms with Crippen LogP contribution in [0.3, 0.4) is 0 Å². The summed E-state index contributed by atoms with van der Waals surface area (Å²) >= 11 is 6.23. The Morgan fingerprint density at radius 3 is 2.62 bits per heavy atom. The number of hydrogen-bond acceptors (Lipinski definition) is 2. The molecule has 0 aliphatic heterocycles. The molecule has 2 atom stereocenters. The lowest BCUT2D eigenvalue weighted by molar-refractivity contribution is 0.440. The Hall–Kier alpha value is -0.570. The average molecular weight is 244 g/mol. The fourth-order valence-electron chi connectivity index (χ4n) is 1.76. The minimum Gasteiger partial charge on any atom is -0.250 e. The Balaban J connectivity index is 2.62. The van der Waals surface area contributed by atoms with Crippen molar-refractivity contribution in [2.24, 2.45) is 11.8 Å². The second-order valence-corrected chi connectivity index (χ2v) is 5.42. The lowest BCUT2D eigenvalue weighted by Gasteiger charge is -2.16. The van der Waals surface area contributed by atoms with Gasteiger partial charge in [0.25, 0.3) is 0 Å². The van der Waals surface area contributed by atoms with Crippen LogP contribution in [0.1, 0.15) is 39.9 Å². The first-order valence-corrected chi connectivity index (χ1v) is 6.49. The van der Waals surface area contributed by atoms with Gasteiger partial charge in [0.2, 0.25) is 0 Å². The van der Waals surface area contributed by atoms with E-state index < -0.39 is 0 Å². The van der Waals surface area contributed by atoms with Crippen LogP contribution in [0.4, 0.5) is 0 Å². The Labute approximate surface area is 103 Å². The highest BCUT2D eigenvalue weighted by atomic mass is 35.5. The van der Waals surface area contributed by atoms with Crippen molar-refractivity contribution in [3.63, 3.8) is 0 Å². The fourth-order valence-corrected chi connectivity index (χ4v) is 1.85. The molecule has 0 saturated heterocycles.